The largest absolute Gasteiger partial charge is 0.394 e. The second-order valence-corrected chi connectivity index (χ2v) is 15.2. The molecule has 6 heteroatoms. The summed E-state index contributed by atoms with van der Waals surface area (Å²) >= 11 is 0. The Morgan fingerprint density at radius 3 is 2.41 bits per heavy atom. The number of hydrogen-bond acceptors (Lipinski definition) is 6. The van der Waals surface area contributed by atoms with E-state index in [1.165, 1.54) is 37.7 Å². The minimum Gasteiger partial charge on any atom is -0.394 e. The van der Waals surface area contributed by atoms with Gasteiger partial charge in [-0.05, 0) is 110 Å². The molecule has 0 bridgehead atoms. The highest BCUT2D eigenvalue weighted by molar-refractivity contribution is 5.25. The van der Waals surface area contributed by atoms with Crippen molar-refractivity contribution in [1.82, 2.24) is 0 Å². The lowest BCUT2D eigenvalue weighted by Gasteiger charge is -2.58. The van der Waals surface area contributed by atoms with E-state index in [1.54, 1.807) is 0 Å². The maximum Gasteiger partial charge on any atom is 0.186 e. The standard InChI is InChI=1S/C35H58O6/c1-7-22(20(2)3)9-8-21(4)26-12-13-27-25-11-10-23-18-24(14-16-34(23,5)28(25)15-17-35(26,27)6)40-33-32(39)31(38)30(37)29(19-36)41-33/h8-10,20-22,24-33,36-39H,7,11-19H2,1-6H3/b9-8+/t21-,22-,24+,25+,26-,27+,28+,29+,30-,31-,32-,33-,34+,35-/m1/s1. The minimum atomic E-state index is -1.40. The molecular formula is C35H58O6. The SMILES string of the molecule is CC[C@H](/C=C/[C@@H](C)[C@H]1CC[C@H]2[C@@H]3CC=C4C[C@@H](O[C@@H]5O[C@@H](CO)[C@@H](O)[C@@H](O)[C@H]5O)CC[C@]4(C)[C@H]3CC[C@]12C)C(C)C. The second-order valence-electron chi connectivity index (χ2n) is 15.2. The first kappa shape index (κ1) is 31.7. The first-order valence-electron chi connectivity index (χ1n) is 16.8. The highest BCUT2D eigenvalue weighted by atomic mass is 16.7. The van der Waals surface area contributed by atoms with Gasteiger partial charge in [0.25, 0.3) is 0 Å². The molecule has 0 spiro atoms. The number of rotatable bonds is 8. The van der Waals surface area contributed by atoms with E-state index in [9.17, 15) is 20.4 Å². The van der Waals surface area contributed by atoms with Crippen molar-refractivity contribution >= 4 is 0 Å². The van der Waals surface area contributed by atoms with Crippen LogP contribution in [0, 0.1) is 52.3 Å². The van der Waals surface area contributed by atoms with Crippen LogP contribution in [0.5, 0.6) is 0 Å². The molecule has 0 aromatic carbocycles. The molecule has 0 aromatic heterocycles. The Bertz CT molecular complexity index is 960. The van der Waals surface area contributed by atoms with Crippen molar-refractivity contribution in [2.45, 2.75) is 136 Å². The maximum absolute atomic E-state index is 10.5. The summed E-state index contributed by atoms with van der Waals surface area (Å²) in [6.07, 6.45) is 11.9. The van der Waals surface area contributed by atoms with Gasteiger partial charge in [0.15, 0.2) is 6.29 Å². The Balaban J connectivity index is 1.26. The molecule has 4 N–H and O–H groups in total. The molecule has 5 aliphatic rings. The Labute approximate surface area is 248 Å². The summed E-state index contributed by atoms with van der Waals surface area (Å²) in [4.78, 5) is 0. The first-order valence-corrected chi connectivity index (χ1v) is 16.8. The van der Waals surface area contributed by atoms with Gasteiger partial charge < -0.3 is 29.9 Å². The molecule has 1 heterocycles. The van der Waals surface area contributed by atoms with Crippen molar-refractivity contribution in [3.63, 3.8) is 0 Å². The Kier molecular flexibility index (Phi) is 9.51. The molecule has 3 saturated carbocycles. The Morgan fingerprint density at radius 1 is 0.976 bits per heavy atom. The van der Waals surface area contributed by atoms with Crippen molar-refractivity contribution in [2.24, 2.45) is 52.3 Å². The van der Waals surface area contributed by atoms with Crippen molar-refractivity contribution in [3.05, 3.63) is 23.8 Å². The summed E-state index contributed by atoms with van der Waals surface area (Å²) in [5, 5.41) is 40.4. The lowest BCUT2D eigenvalue weighted by Crippen LogP contribution is -2.60. The molecule has 4 aliphatic carbocycles. The number of aliphatic hydroxyl groups is 4. The summed E-state index contributed by atoms with van der Waals surface area (Å²) in [6, 6.07) is 0. The molecule has 41 heavy (non-hydrogen) atoms. The van der Waals surface area contributed by atoms with E-state index >= 15 is 0 Å². The zero-order valence-corrected chi connectivity index (χ0v) is 26.4. The molecule has 0 amide bonds. The van der Waals surface area contributed by atoms with E-state index in [4.69, 9.17) is 9.47 Å². The fourth-order valence-corrected chi connectivity index (χ4v) is 10.3. The quantitative estimate of drug-likeness (QED) is 0.281. The number of hydrogen-bond donors (Lipinski definition) is 4. The highest BCUT2D eigenvalue weighted by Gasteiger charge is 2.59. The third kappa shape index (κ3) is 5.64. The average Bonchev–Trinajstić information content (AvgIpc) is 3.30. The van der Waals surface area contributed by atoms with Gasteiger partial charge in [0.2, 0.25) is 0 Å². The number of aliphatic hydroxyl groups excluding tert-OH is 4. The predicted molar refractivity (Wildman–Crippen MR) is 161 cm³/mol. The van der Waals surface area contributed by atoms with Gasteiger partial charge in [-0.15, -0.1) is 0 Å². The Hall–Kier alpha value is -0.760. The van der Waals surface area contributed by atoms with Crippen LogP contribution in [-0.4, -0.2) is 63.8 Å². The summed E-state index contributed by atoms with van der Waals surface area (Å²) in [6.45, 7) is 14.2. The summed E-state index contributed by atoms with van der Waals surface area (Å²) in [5.74, 6) is 5.05. The Morgan fingerprint density at radius 2 is 1.73 bits per heavy atom. The van der Waals surface area contributed by atoms with E-state index in [2.05, 4.69) is 59.8 Å². The van der Waals surface area contributed by atoms with Crippen molar-refractivity contribution in [1.29, 1.82) is 0 Å². The molecule has 1 aliphatic heterocycles. The molecule has 234 valence electrons. The van der Waals surface area contributed by atoms with Crippen LogP contribution in [0.25, 0.3) is 0 Å². The number of allylic oxidation sites excluding steroid dienone is 3. The summed E-state index contributed by atoms with van der Waals surface area (Å²) in [7, 11) is 0. The lowest BCUT2D eigenvalue weighted by molar-refractivity contribution is -0.313. The zero-order valence-electron chi connectivity index (χ0n) is 26.4. The predicted octanol–water partition coefficient (Wildman–Crippen LogP) is 5.63. The fourth-order valence-electron chi connectivity index (χ4n) is 10.3. The molecule has 0 aromatic rings. The van der Waals surface area contributed by atoms with Crippen LogP contribution in [0.2, 0.25) is 0 Å². The molecule has 0 unspecified atom stereocenters. The van der Waals surface area contributed by atoms with Gasteiger partial charge in [-0.25, -0.2) is 0 Å². The molecule has 0 radical (unpaired) electrons. The van der Waals surface area contributed by atoms with Crippen LogP contribution in [0.4, 0.5) is 0 Å². The zero-order chi connectivity index (χ0) is 29.7. The fraction of sp³-hybridized carbons (Fsp3) is 0.886. The van der Waals surface area contributed by atoms with Gasteiger partial charge in [0, 0.05) is 0 Å². The van der Waals surface area contributed by atoms with Gasteiger partial charge in [0.1, 0.15) is 24.4 Å². The van der Waals surface area contributed by atoms with Crippen molar-refractivity contribution < 1.29 is 29.9 Å². The van der Waals surface area contributed by atoms with Gasteiger partial charge >= 0.3 is 0 Å². The van der Waals surface area contributed by atoms with Crippen LogP contribution in [0.3, 0.4) is 0 Å². The van der Waals surface area contributed by atoms with Crippen LogP contribution < -0.4 is 0 Å². The van der Waals surface area contributed by atoms with E-state index in [0.29, 0.717) is 29.1 Å². The minimum absolute atomic E-state index is 0.109. The third-order valence-corrected chi connectivity index (χ3v) is 12.9. The molecule has 6 nitrogen and oxygen atoms in total. The van der Waals surface area contributed by atoms with Crippen molar-refractivity contribution in [3.8, 4) is 0 Å². The molecule has 1 saturated heterocycles. The van der Waals surface area contributed by atoms with Crippen LogP contribution in [0.1, 0.15) is 99.3 Å². The number of fused-ring (bicyclic) bond motifs is 5. The highest BCUT2D eigenvalue weighted by Crippen LogP contribution is 2.67. The normalized spacial score (nSPS) is 47.9. The monoisotopic (exact) mass is 574 g/mol. The molecular weight excluding hydrogens is 516 g/mol. The number of ether oxygens (including phenoxy) is 2. The molecule has 5 rings (SSSR count). The maximum atomic E-state index is 10.5. The second kappa shape index (κ2) is 12.3. The van der Waals surface area contributed by atoms with Gasteiger partial charge in [-0.1, -0.05) is 65.3 Å². The van der Waals surface area contributed by atoms with E-state index in [1.807, 2.05) is 0 Å². The van der Waals surface area contributed by atoms with E-state index in [0.717, 1.165) is 43.4 Å². The van der Waals surface area contributed by atoms with Crippen LogP contribution in [0.15, 0.2) is 23.8 Å². The van der Waals surface area contributed by atoms with Gasteiger partial charge in [0.05, 0.1) is 12.7 Å². The van der Waals surface area contributed by atoms with E-state index in [-0.39, 0.29) is 11.5 Å². The summed E-state index contributed by atoms with van der Waals surface area (Å²) in [5.41, 5.74) is 2.11. The smallest absolute Gasteiger partial charge is 0.186 e. The molecule has 14 atom stereocenters. The van der Waals surface area contributed by atoms with Gasteiger partial charge in [-0.3, -0.25) is 0 Å². The average molecular weight is 575 g/mol. The van der Waals surface area contributed by atoms with Crippen molar-refractivity contribution in [2.75, 3.05) is 6.61 Å². The molecule has 4 fully saturated rings. The summed E-state index contributed by atoms with van der Waals surface area (Å²) < 4.78 is 11.9. The first-order chi connectivity index (χ1) is 19.4. The van der Waals surface area contributed by atoms with Gasteiger partial charge in [-0.2, -0.15) is 0 Å². The lowest BCUT2D eigenvalue weighted by atomic mass is 9.47. The van der Waals surface area contributed by atoms with Crippen LogP contribution >= 0.6 is 0 Å². The van der Waals surface area contributed by atoms with E-state index < -0.39 is 37.3 Å². The topological polar surface area (TPSA) is 99.4 Å². The third-order valence-electron chi connectivity index (χ3n) is 12.9. The van der Waals surface area contributed by atoms with Crippen LogP contribution in [-0.2, 0) is 9.47 Å².